The first-order chi connectivity index (χ1) is 18.0. The Labute approximate surface area is 223 Å². The van der Waals surface area contributed by atoms with Crippen LogP contribution in [-0.4, -0.2) is 43.8 Å². The van der Waals surface area contributed by atoms with E-state index in [9.17, 15) is 18.0 Å². The molecule has 1 N–H and O–H groups in total. The molecule has 0 spiro atoms. The lowest BCUT2D eigenvalue weighted by Crippen LogP contribution is -2.43. The van der Waals surface area contributed by atoms with Crippen molar-refractivity contribution in [3.8, 4) is 10.6 Å². The summed E-state index contributed by atoms with van der Waals surface area (Å²) in [7, 11) is 0. The van der Waals surface area contributed by atoms with Gasteiger partial charge < -0.3 is 10.2 Å². The molecule has 5 rings (SSSR count). The number of pyridine rings is 2. The first-order valence-corrected chi connectivity index (χ1v) is 13.4. The summed E-state index contributed by atoms with van der Waals surface area (Å²) in [4.78, 5) is 32.2. The minimum absolute atomic E-state index is 0.0377. The maximum atomic E-state index is 15.5. The first-order valence-electron chi connectivity index (χ1n) is 11.7. The quantitative estimate of drug-likeness (QED) is 0.278. The van der Waals surface area contributed by atoms with Crippen molar-refractivity contribution in [3.05, 3.63) is 69.6 Å². The maximum Gasteiger partial charge on any atom is 0.433 e. The van der Waals surface area contributed by atoms with Crippen molar-refractivity contribution >= 4 is 39.5 Å². The van der Waals surface area contributed by atoms with E-state index in [2.05, 4.69) is 25.3 Å². The summed E-state index contributed by atoms with van der Waals surface area (Å²) >= 11 is 3.02. The SMILES string of the molecule is Cc1nc(C)c(-c2csc(Nc3ccc(C(=O)N4CCC(F)(c5ccc(C(F)(F)F)nc5)CC4)cn3)n2)s1. The molecular formula is C25H22F4N6OS2. The summed E-state index contributed by atoms with van der Waals surface area (Å²) in [5.74, 6) is 0.236. The molecule has 38 heavy (non-hydrogen) atoms. The van der Waals surface area contributed by atoms with Crippen LogP contribution < -0.4 is 5.32 Å². The van der Waals surface area contributed by atoms with Gasteiger partial charge >= 0.3 is 6.18 Å². The van der Waals surface area contributed by atoms with Crippen LogP contribution in [0.15, 0.2) is 42.0 Å². The van der Waals surface area contributed by atoms with Gasteiger partial charge in [-0.25, -0.2) is 19.3 Å². The predicted molar refractivity (Wildman–Crippen MR) is 137 cm³/mol. The van der Waals surface area contributed by atoms with Gasteiger partial charge in [-0.3, -0.25) is 9.78 Å². The van der Waals surface area contributed by atoms with E-state index in [1.54, 1.807) is 23.5 Å². The molecule has 0 unspecified atom stereocenters. The number of anilines is 2. The average Bonchev–Trinajstić information content (AvgIpc) is 3.49. The highest BCUT2D eigenvalue weighted by Crippen LogP contribution is 2.38. The van der Waals surface area contributed by atoms with Gasteiger partial charge in [0, 0.05) is 49.3 Å². The van der Waals surface area contributed by atoms with E-state index in [1.165, 1.54) is 22.4 Å². The number of carbonyl (C=O) groups is 1. The fraction of sp³-hybridized carbons (Fsp3) is 0.320. The normalized spacial score (nSPS) is 15.5. The molecule has 1 aliphatic rings. The van der Waals surface area contributed by atoms with E-state index < -0.39 is 17.5 Å². The van der Waals surface area contributed by atoms with Gasteiger partial charge in [-0.05, 0) is 32.0 Å². The number of amides is 1. The molecule has 0 bridgehead atoms. The predicted octanol–water partition coefficient (Wildman–Crippen LogP) is 6.54. The topological polar surface area (TPSA) is 83.9 Å². The molecule has 7 nitrogen and oxygen atoms in total. The van der Waals surface area contributed by atoms with Crippen LogP contribution in [0.3, 0.4) is 0 Å². The summed E-state index contributed by atoms with van der Waals surface area (Å²) in [6.45, 7) is 4.14. The zero-order chi connectivity index (χ0) is 27.1. The molecule has 5 heterocycles. The number of alkyl halides is 4. The van der Waals surface area contributed by atoms with Crippen LogP contribution in [0.5, 0.6) is 0 Å². The average molecular weight is 563 g/mol. The van der Waals surface area contributed by atoms with E-state index in [-0.39, 0.29) is 37.4 Å². The zero-order valence-corrected chi connectivity index (χ0v) is 22.0. The Hall–Kier alpha value is -3.45. The summed E-state index contributed by atoms with van der Waals surface area (Å²) in [5, 5.41) is 6.72. The second-order valence-corrected chi connectivity index (χ2v) is 11.0. The second-order valence-electron chi connectivity index (χ2n) is 8.93. The van der Waals surface area contributed by atoms with Gasteiger partial charge in [-0.1, -0.05) is 6.07 Å². The van der Waals surface area contributed by atoms with Crippen LogP contribution in [0.2, 0.25) is 0 Å². The first kappa shape index (κ1) is 26.2. The van der Waals surface area contributed by atoms with Gasteiger partial charge in [0.05, 0.1) is 26.8 Å². The molecule has 1 amide bonds. The Morgan fingerprint density at radius 1 is 1.05 bits per heavy atom. The number of aryl methyl sites for hydroxylation is 2. The second kappa shape index (κ2) is 10.0. The van der Waals surface area contributed by atoms with Crippen LogP contribution in [0.4, 0.5) is 28.5 Å². The van der Waals surface area contributed by atoms with Crippen molar-refractivity contribution in [1.29, 1.82) is 0 Å². The third-order valence-corrected chi connectivity index (χ3v) is 8.15. The van der Waals surface area contributed by atoms with Crippen LogP contribution in [-0.2, 0) is 11.8 Å². The van der Waals surface area contributed by atoms with E-state index in [0.717, 1.165) is 39.6 Å². The Kier molecular flexibility index (Phi) is 6.90. The molecule has 1 aliphatic heterocycles. The molecule has 0 saturated carbocycles. The van der Waals surface area contributed by atoms with Crippen molar-refractivity contribution in [3.63, 3.8) is 0 Å². The third-order valence-electron chi connectivity index (χ3n) is 6.30. The number of likely N-dealkylation sites (tertiary alicyclic amines) is 1. The molecule has 13 heteroatoms. The Bertz CT molecular complexity index is 1440. The van der Waals surface area contributed by atoms with E-state index in [0.29, 0.717) is 16.5 Å². The molecule has 0 aliphatic carbocycles. The number of aromatic nitrogens is 4. The number of carbonyl (C=O) groups excluding carboxylic acids is 1. The summed E-state index contributed by atoms with van der Waals surface area (Å²) in [6.07, 6.45) is -2.28. The van der Waals surface area contributed by atoms with Crippen molar-refractivity contribution in [2.45, 2.75) is 38.5 Å². The van der Waals surface area contributed by atoms with Gasteiger partial charge in [0.1, 0.15) is 17.2 Å². The van der Waals surface area contributed by atoms with E-state index in [4.69, 9.17) is 0 Å². The van der Waals surface area contributed by atoms with Crippen molar-refractivity contribution in [2.75, 3.05) is 18.4 Å². The minimum atomic E-state index is -4.58. The van der Waals surface area contributed by atoms with Gasteiger partial charge in [0.2, 0.25) is 0 Å². The fourth-order valence-electron chi connectivity index (χ4n) is 4.27. The van der Waals surface area contributed by atoms with Crippen molar-refractivity contribution < 1.29 is 22.4 Å². The molecule has 0 aromatic carbocycles. The molecule has 4 aromatic heterocycles. The van der Waals surface area contributed by atoms with Crippen molar-refractivity contribution in [1.82, 2.24) is 24.8 Å². The van der Waals surface area contributed by atoms with Crippen LogP contribution in [0.1, 0.15) is 45.2 Å². The highest BCUT2D eigenvalue weighted by atomic mass is 32.1. The highest BCUT2D eigenvalue weighted by Gasteiger charge is 2.39. The number of hydrogen-bond acceptors (Lipinski definition) is 8. The monoisotopic (exact) mass is 562 g/mol. The number of hydrogen-bond donors (Lipinski definition) is 1. The van der Waals surface area contributed by atoms with Crippen LogP contribution >= 0.6 is 22.7 Å². The van der Waals surface area contributed by atoms with Crippen LogP contribution in [0, 0.1) is 13.8 Å². The fourth-order valence-corrected chi connectivity index (χ4v) is 5.93. The molecule has 0 radical (unpaired) electrons. The molecular weight excluding hydrogens is 540 g/mol. The number of piperidine rings is 1. The number of nitrogens with zero attached hydrogens (tertiary/aromatic N) is 5. The largest absolute Gasteiger partial charge is 0.433 e. The number of thiazole rings is 2. The minimum Gasteiger partial charge on any atom is -0.338 e. The van der Waals surface area contributed by atoms with Gasteiger partial charge in [0.15, 0.2) is 5.13 Å². The number of halogens is 4. The Morgan fingerprint density at radius 2 is 1.82 bits per heavy atom. The van der Waals surface area contributed by atoms with Gasteiger partial charge in [-0.15, -0.1) is 22.7 Å². The maximum absolute atomic E-state index is 15.5. The number of nitrogens with one attached hydrogen (secondary N) is 1. The van der Waals surface area contributed by atoms with E-state index >= 15 is 4.39 Å². The van der Waals surface area contributed by atoms with Crippen LogP contribution in [0.25, 0.3) is 10.6 Å². The lowest BCUT2D eigenvalue weighted by Gasteiger charge is -2.36. The molecule has 1 saturated heterocycles. The zero-order valence-electron chi connectivity index (χ0n) is 20.3. The number of rotatable bonds is 5. The lowest BCUT2D eigenvalue weighted by molar-refractivity contribution is -0.141. The van der Waals surface area contributed by atoms with Crippen molar-refractivity contribution in [2.24, 2.45) is 0 Å². The molecule has 198 valence electrons. The van der Waals surface area contributed by atoms with Gasteiger partial charge in [0.25, 0.3) is 5.91 Å². The highest BCUT2D eigenvalue weighted by molar-refractivity contribution is 7.16. The van der Waals surface area contributed by atoms with E-state index in [1.807, 2.05) is 19.2 Å². The molecule has 4 aromatic rings. The lowest BCUT2D eigenvalue weighted by atomic mass is 9.87. The summed E-state index contributed by atoms with van der Waals surface area (Å²) < 4.78 is 53.8. The standard InChI is InChI=1S/C25H22F4N6OS2/c1-14-21(38-15(2)32-14)18-13-37-23(33-18)34-20-6-3-16(11-31-20)22(36)35-9-7-24(26,8-10-35)17-4-5-19(30-12-17)25(27,28)29/h3-6,11-13H,7-10H2,1-2H3,(H,31,33,34). The third kappa shape index (κ3) is 5.39. The summed E-state index contributed by atoms with van der Waals surface area (Å²) in [6, 6.07) is 5.21. The molecule has 0 atom stereocenters. The smallest absolute Gasteiger partial charge is 0.338 e. The molecule has 1 fully saturated rings. The summed E-state index contributed by atoms with van der Waals surface area (Å²) in [5.41, 5.74) is -0.696. The Morgan fingerprint density at radius 3 is 2.39 bits per heavy atom. The van der Waals surface area contributed by atoms with Gasteiger partial charge in [-0.2, -0.15) is 13.2 Å². The Balaban J connectivity index is 1.19.